The highest BCUT2D eigenvalue weighted by molar-refractivity contribution is 6.36. The highest BCUT2D eigenvalue weighted by atomic mass is 16.5. The molecule has 0 heterocycles. The zero-order valence-corrected chi connectivity index (χ0v) is 18.2. The molecule has 0 aliphatic carbocycles. The number of nitrogens with zero attached hydrogens (tertiary/aromatic N) is 1. The van der Waals surface area contributed by atoms with Crippen LogP contribution in [0.5, 0.6) is 0 Å². The summed E-state index contributed by atoms with van der Waals surface area (Å²) in [6.45, 7) is 2.34. The van der Waals surface area contributed by atoms with Gasteiger partial charge in [-0.25, -0.2) is 4.79 Å². The van der Waals surface area contributed by atoms with Crippen molar-refractivity contribution in [2.75, 3.05) is 0 Å². The number of esters is 1. The molecule has 2 rings (SSSR count). The molecular formula is C26H35NO3. The van der Waals surface area contributed by atoms with E-state index in [4.69, 9.17) is 9.94 Å². The minimum atomic E-state index is -0.532. The summed E-state index contributed by atoms with van der Waals surface area (Å²) in [4.78, 5) is 12.0. The van der Waals surface area contributed by atoms with E-state index in [0.717, 1.165) is 24.8 Å². The van der Waals surface area contributed by atoms with Crippen molar-refractivity contribution >= 4 is 11.7 Å². The number of hydrogen-bond acceptors (Lipinski definition) is 4. The minimum Gasteiger partial charge on any atom is -0.456 e. The molecule has 0 amide bonds. The molecule has 0 spiro atoms. The zero-order chi connectivity index (χ0) is 21.4. The van der Waals surface area contributed by atoms with Gasteiger partial charge < -0.3 is 9.94 Å². The highest BCUT2D eigenvalue weighted by Gasteiger charge is 2.13. The Kier molecular flexibility index (Phi) is 11.3. The first-order chi connectivity index (χ1) is 14.7. The van der Waals surface area contributed by atoms with Crippen LogP contribution in [-0.2, 0) is 22.6 Å². The maximum absolute atomic E-state index is 12.0. The molecule has 0 aromatic heterocycles. The van der Waals surface area contributed by atoms with Crippen LogP contribution in [0.25, 0.3) is 0 Å². The van der Waals surface area contributed by atoms with Gasteiger partial charge in [0.05, 0.1) is 0 Å². The number of benzene rings is 2. The second-order valence-corrected chi connectivity index (χ2v) is 7.93. The van der Waals surface area contributed by atoms with Gasteiger partial charge in [0.2, 0.25) is 0 Å². The number of unbranched alkanes of at least 4 members (excludes halogenated alkanes) is 7. The zero-order valence-electron chi connectivity index (χ0n) is 18.2. The molecule has 30 heavy (non-hydrogen) atoms. The summed E-state index contributed by atoms with van der Waals surface area (Å²) in [6, 6.07) is 18.3. The first-order valence-corrected chi connectivity index (χ1v) is 11.2. The predicted molar refractivity (Wildman–Crippen MR) is 122 cm³/mol. The summed E-state index contributed by atoms with van der Waals surface area (Å²) < 4.78 is 5.22. The minimum absolute atomic E-state index is 0.113. The number of oxime groups is 1. The standard InChI is InChI=1S/C26H35NO3/c1-22-14-13-18-23(20-22)15-9-6-4-2-3-5-7-12-19-25(27-29)26(28)30-21-24-16-10-8-11-17-24/h8,10-11,13-14,16-18,20,29H,2-7,9,12,15,19,21H2,1H3/b27-25-. The number of rotatable bonds is 14. The first kappa shape index (κ1) is 23.7. The SMILES string of the molecule is Cc1cccc(CCCCCCCCCC/C(=N/O)C(=O)OCc2ccccc2)c1. The molecule has 2 aromatic carbocycles. The van der Waals surface area contributed by atoms with E-state index in [1.807, 2.05) is 30.3 Å². The van der Waals surface area contributed by atoms with E-state index in [2.05, 4.69) is 36.3 Å². The quantitative estimate of drug-likeness (QED) is 0.125. The lowest BCUT2D eigenvalue weighted by molar-refractivity contribution is -0.137. The summed E-state index contributed by atoms with van der Waals surface area (Å²) in [5.41, 5.74) is 3.81. The summed E-state index contributed by atoms with van der Waals surface area (Å²) in [5, 5.41) is 12.2. The van der Waals surface area contributed by atoms with E-state index in [-0.39, 0.29) is 12.3 Å². The van der Waals surface area contributed by atoms with Crippen molar-refractivity contribution in [1.29, 1.82) is 0 Å². The maximum Gasteiger partial charge on any atom is 0.356 e. The van der Waals surface area contributed by atoms with Crippen LogP contribution < -0.4 is 0 Å². The fraction of sp³-hybridized carbons (Fsp3) is 0.462. The van der Waals surface area contributed by atoms with Crippen LogP contribution in [0.1, 0.15) is 74.5 Å². The normalized spacial score (nSPS) is 11.4. The monoisotopic (exact) mass is 409 g/mol. The van der Waals surface area contributed by atoms with Gasteiger partial charge in [-0.2, -0.15) is 0 Å². The number of hydrogen-bond donors (Lipinski definition) is 1. The maximum atomic E-state index is 12.0. The Hall–Kier alpha value is -2.62. The van der Waals surface area contributed by atoms with E-state index in [1.165, 1.54) is 49.7 Å². The lowest BCUT2D eigenvalue weighted by Crippen LogP contribution is -2.17. The fourth-order valence-corrected chi connectivity index (χ4v) is 3.55. The van der Waals surface area contributed by atoms with Gasteiger partial charge >= 0.3 is 5.97 Å². The van der Waals surface area contributed by atoms with Crippen LogP contribution in [0, 0.1) is 6.92 Å². The van der Waals surface area contributed by atoms with Gasteiger partial charge in [0.25, 0.3) is 0 Å². The molecule has 4 heteroatoms. The molecule has 0 radical (unpaired) electrons. The van der Waals surface area contributed by atoms with Gasteiger partial charge in [0, 0.05) is 6.42 Å². The first-order valence-electron chi connectivity index (χ1n) is 11.2. The van der Waals surface area contributed by atoms with Crippen LogP contribution in [0.3, 0.4) is 0 Å². The third-order valence-electron chi connectivity index (χ3n) is 5.28. The van der Waals surface area contributed by atoms with Crippen LogP contribution in [-0.4, -0.2) is 16.9 Å². The van der Waals surface area contributed by atoms with E-state index >= 15 is 0 Å². The molecule has 1 N–H and O–H groups in total. The second kappa shape index (κ2) is 14.4. The van der Waals surface area contributed by atoms with Gasteiger partial charge in [-0.05, 0) is 37.3 Å². The average molecular weight is 410 g/mol. The van der Waals surface area contributed by atoms with Crippen molar-refractivity contribution in [3.05, 3.63) is 71.3 Å². The van der Waals surface area contributed by atoms with Crippen LogP contribution in [0.2, 0.25) is 0 Å². The molecule has 0 unspecified atom stereocenters. The Bertz CT molecular complexity index is 771. The molecular weight excluding hydrogens is 374 g/mol. The number of aryl methyl sites for hydroxylation is 2. The van der Waals surface area contributed by atoms with Crippen LogP contribution in [0.4, 0.5) is 0 Å². The highest BCUT2D eigenvalue weighted by Crippen LogP contribution is 2.13. The van der Waals surface area contributed by atoms with Gasteiger partial charge in [0.1, 0.15) is 6.61 Å². The van der Waals surface area contributed by atoms with Gasteiger partial charge in [-0.3, -0.25) is 0 Å². The summed E-state index contributed by atoms with van der Waals surface area (Å²) >= 11 is 0. The van der Waals surface area contributed by atoms with Gasteiger partial charge in [0.15, 0.2) is 5.71 Å². The van der Waals surface area contributed by atoms with E-state index in [1.54, 1.807) is 0 Å². The number of carbonyl (C=O) groups is 1. The van der Waals surface area contributed by atoms with Crippen molar-refractivity contribution < 1.29 is 14.7 Å². The van der Waals surface area contributed by atoms with Crippen LogP contribution >= 0.6 is 0 Å². The largest absolute Gasteiger partial charge is 0.456 e. The summed E-state index contributed by atoms with van der Waals surface area (Å²) in [7, 11) is 0. The lowest BCUT2D eigenvalue weighted by atomic mass is 10.0. The van der Waals surface area contributed by atoms with Gasteiger partial charge in [-0.1, -0.05) is 104 Å². The van der Waals surface area contributed by atoms with Crippen molar-refractivity contribution in [3.63, 3.8) is 0 Å². The molecule has 162 valence electrons. The third kappa shape index (κ3) is 9.73. The lowest BCUT2D eigenvalue weighted by Gasteiger charge is -2.07. The molecule has 0 fully saturated rings. The topological polar surface area (TPSA) is 58.9 Å². The molecule has 2 aromatic rings. The smallest absolute Gasteiger partial charge is 0.356 e. The molecule has 0 aliphatic rings. The van der Waals surface area contributed by atoms with E-state index in [9.17, 15) is 4.79 Å². The third-order valence-corrected chi connectivity index (χ3v) is 5.28. The molecule has 0 bridgehead atoms. The predicted octanol–water partition coefficient (Wildman–Crippen LogP) is 6.62. The van der Waals surface area contributed by atoms with Crippen LogP contribution in [0.15, 0.2) is 59.8 Å². The van der Waals surface area contributed by atoms with Crippen molar-refractivity contribution in [2.24, 2.45) is 5.16 Å². The van der Waals surface area contributed by atoms with Gasteiger partial charge in [-0.15, -0.1) is 0 Å². The van der Waals surface area contributed by atoms with Crippen molar-refractivity contribution in [2.45, 2.75) is 77.7 Å². The molecule has 0 atom stereocenters. The summed E-state index contributed by atoms with van der Waals surface area (Å²) in [5.74, 6) is -0.532. The van der Waals surface area contributed by atoms with Crippen molar-refractivity contribution in [3.8, 4) is 0 Å². The average Bonchev–Trinajstić information content (AvgIpc) is 2.77. The Morgan fingerprint density at radius 2 is 1.47 bits per heavy atom. The molecule has 0 aliphatic heterocycles. The summed E-state index contributed by atoms with van der Waals surface area (Å²) in [6.07, 6.45) is 10.9. The molecule has 4 nitrogen and oxygen atoms in total. The second-order valence-electron chi connectivity index (χ2n) is 7.93. The molecule has 0 saturated heterocycles. The number of carbonyl (C=O) groups excluding carboxylic acids is 1. The Morgan fingerprint density at radius 1 is 0.833 bits per heavy atom. The van der Waals surface area contributed by atoms with E-state index in [0.29, 0.717) is 6.42 Å². The van der Waals surface area contributed by atoms with E-state index < -0.39 is 5.97 Å². The van der Waals surface area contributed by atoms with Crippen molar-refractivity contribution in [1.82, 2.24) is 0 Å². The fourth-order valence-electron chi connectivity index (χ4n) is 3.55. The number of ether oxygens (including phenoxy) is 1. The Morgan fingerprint density at radius 3 is 2.13 bits per heavy atom. The Balaban J connectivity index is 1.46. The molecule has 0 saturated carbocycles. The Labute approximate surface area is 181 Å².